The normalized spacial score (nSPS) is 28.7. The minimum absolute atomic E-state index is 0.137. The van der Waals surface area contributed by atoms with Gasteiger partial charge in [0.2, 0.25) is 6.43 Å². The van der Waals surface area contributed by atoms with Gasteiger partial charge in [0, 0.05) is 6.42 Å². The molecule has 0 aromatic heterocycles. The summed E-state index contributed by atoms with van der Waals surface area (Å²) in [6.07, 6.45) is -1.90. The maximum absolute atomic E-state index is 11.7. The fourth-order valence-corrected chi connectivity index (χ4v) is 1.18. The number of alkyl halides is 2. The molecule has 0 heterocycles. The van der Waals surface area contributed by atoms with Crippen LogP contribution in [0.2, 0.25) is 0 Å². The summed E-state index contributed by atoms with van der Waals surface area (Å²) < 4.78 is 27.8. The zero-order chi connectivity index (χ0) is 8.43. The molecule has 0 aliphatic heterocycles. The molecule has 0 spiro atoms. The van der Waals surface area contributed by atoms with E-state index in [1.165, 1.54) is 7.11 Å². The minimum Gasteiger partial charge on any atom is -0.469 e. The highest BCUT2D eigenvalue weighted by molar-refractivity contribution is 5.75. The zero-order valence-electron chi connectivity index (χ0n) is 6.22. The number of hydrogen-bond acceptors (Lipinski definition) is 2. The van der Waals surface area contributed by atoms with E-state index in [9.17, 15) is 13.6 Å². The molecule has 0 bridgehead atoms. The third kappa shape index (κ3) is 2.13. The van der Waals surface area contributed by atoms with Gasteiger partial charge in [0.15, 0.2) is 0 Å². The molecule has 0 aromatic carbocycles. The van der Waals surface area contributed by atoms with Crippen LogP contribution in [-0.2, 0) is 9.53 Å². The SMILES string of the molecule is COC(=O)[C@H]1C[C@H]1CC(F)F. The van der Waals surface area contributed by atoms with Gasteiger partial charge in [-0.15, -0.1) is 0 Å². The van der Waals surface area contributed by atoms with Crippen molar-refractivity contribution >= 4 is 5.97 Å². The number of ether oxygens (including phenoxy) is 1. The van der Waals surface area contributed by atoms with Crippen molar-refractivity contribution in [3.05, 3.63) is 0 Å². The lowest BCUT2D eigenvalue weighted by atomic mass is 10.2. The van der Waals surface area contributed by atoms with Crippen LogP contribution in [0, 0.1) is 11.8 Å². The summed E-state index contributed by atoms with van der Waals surface area (Å²) in [5.41, 5.74) is 0. The fourth-order valence-electron chi connectivity index (χ4n) is 1.18. The molecular weight excluding hydrogens is 154 g/mol. The standard InChI is InChI=1S/C7H10F2O2/c1-11-7(10)5-2-4(5)3-6(8)9/h4-6H,2-3H2,1H3/t4-,5-/m0/s1. The smallest absolute Gasteiger partial charge is 0.308 e. The number of carbonyl (C=O) groups excluding carboxylic acids is 1. The van der Waals surface area contributed by atoms with Gasteiger partial charge in [0.05, 0.1) is 13.0 Å². The molecule has 0 saturated heterocycles. The summed E-state index contributed by atoms with van der Waals surface area (Å²) in [5, 5.41) is 0. The fraction of sp³-hybridized carbons (Fsp3) is 0.857. The van der Waals surface area contributed by atoms with E-state index in [-0.39, 0.29) is 24.2 Å². The summed E-state index contributed by atoms with van der Waals surface area (Å²) in [7, 11) is 1.28. The average Bonchev–Trinajstić information content (AvgIpc) is 2.65. The zero-order valence-corrected chi connectivity index (χ0v) is 6.22. The number of esters is 1. The lowest BCUT2D eigenvalue weighted by molar-refractivity contribution is -0.142. The largest absolute Gasteiger partial charge is 0.469 e. The second kappa shape index (κ2) is 3.15. The summed E-state index contributed by atoms with van der Waals surface area (Å²) in [6.45, 7) is 0. The molecule has 0 aromatic rings. The molecule has 0 amide bonds. The maximum atomic E-state index is 11.7. The highest BCUT2D eigenvalue weighted by Crippen LogP contribution is 2.43. The van der Waals surface area contributed by atoms with Crippen LogP contribution in [0.3, 0.4) is 0 Å². The second-order valence-corrected chi connectivity index (χ2v) is 2.75. The van der Waals surface area contributed by atoms with Crippen molar-refractivity contribution in [1.29, 1.82) is 0 Å². The van der Waals surface area contributed by atoms with Crippen LogP contribution >= 0.6 is 0 Å². The van der Waals surface area contributed by atoms with Crippen molar-refractivity contribution in [2.24, 2.45) is 11.8 Å². The van der Waals surface area contributed by atoms with Crippen LogP contribution in [0.25, 0.3) is 0 Å². The highest BCUT2D eigenvalue weighted by Gasteiger charge is 2.44. The summed E-state index contributed by atoms with van der Waals surface area (Å²) in [5.74, 6) is -0.743. The first-order valence-corrected chi connectivity index (χ1v) is 3.51. The topological polar surface area (TPSA) is 26.3 Å². The van der Waals surface area contributed by atoms with Crippen LogP contribution in [0.4, 0.5) is 8.78 Å². The molecular formula is C7H10F2O2. The van der Waals surface area contributed by atoms with Crippen molar-refractivity contribution in [3.8, 4) is 0 Å². The van der Waals surface area contributed by atoms with E-state index in [1.807, 2.05) is 0 Å². The van der Waals surface area contributed by atoms with Crippen LogP contribution in [-0.4, -0.2) is 19.5 Å². The number of hydrogen-bond donors (Lipinski definition) is 0. The Kier molecular flexibility index (Phi) is 2.42. The van der Waals surface area contributed by atoms with Gasteiger partial charge in [-0.2, -0.15) is 0 Å². The third-order valence-corrected chi connectivity index (χ3v) is 1.91. The summed E-state index contributed by atoms with van der Waals surface area (Å²) >= 11 is 0. The Morgan fingerprint density at radius 2 is 2.36 bits per heavy atom. The molecule has 11 heavy (non-hydrogen) atoms. The van der Waals surface area contributed by atoms with Crippen LogP contribution in [0.5, 0.6) is 0 Å². The van der Waals surface area contributed by atoms with E-state index in [4.69, 9.17) is 0 Å². The molecule has 4 heteroatoms. The lowest BCUT2D eigenvalue weighted by Crippen LogP contribution is -2.05. The van der Waals surface area contributed by atoms with Gasteiger partial charge in [-0.05, 0) is 12.3 Å². The molecule has 2 nitrogen and oxygen atoms in total. The van der Waals surface area contributed by atoms with Gasteiger partial charge < -0.3 is 4.74 Å². The van der Waals surface area contributed by atoms with Crippen LogP contribution < -0.4 is 0 Å². The molecule has 2 atom stereocenters. The Morgan fingerprint density at radius 1 is 1.73 bits per heavy atom. The quantitative estimate of drug-likeness (QED) is 0.590. The van der Waals surface area contributed by atoms with Crippen LogP contribution in [0.1, 0.15) is 12.8 Å². The molecule has 1 rings (SSSR count). The number of methoxy groups -OCH3 is 1. The minimum atomic E-state index is -2.30. The van der Waals surface area contributed by atoms with Crippen molar-refractivity contribution < 1.29 is 18.3 Å². The van der Waals surface area contributed by atoms with Gasteiger partial charge in [-0.3, -0.25) is 4.79 Å². The van der Waals surface area contributed by atoms with E-state index in [0.29, 0.717) is 6.42 Å². The molecule has 1 aliphatic carbocycles. The molecule has 64 valence electrons. The van der Waals surface area contributed by atoms with Crippen molar-refractivity contribution in [1.82, 2.24) is 0 Å². The molecule has 1 aliphatic rings. The predicted molar refractivity (Wildman–Crippen MR) is 34.2 cm³/mol. The maximum Gasteiger partial charge on any atom is 0.308 e. The average molecular weight is 164 g/mol. The lowest BCUT2D eigenvalue weighted by Gasteiger charge is -1.97. The van der Waals surface area contributed by atoms with E-state index in [1.54, 1.807) is 0 Å². The highest BCUT2D eigenvalue weighted by atomic mass is 19.3. The second-order valence-electron chi connectivity index (χ2n) is 2.75. The molecule has 0 unspecified atom stereocenters. The van der Waals surface area contributed by atoms with E-state index in [0.717, 1.165) is 0 Å². The van der Waals surface area contributed by atoms with Gasteiger partial charge in [0.25, 0.3) is 0 Å². The molecule has 1 fully saturated rings. The third-order valence-electron chi connectivity index (χ3n) is 1.91. The Bertz CT molecular complexity index is 159. The van der Waals surface area contributed by atoms with E-state index >= 15 is 0 Å². The summed E-state index contributed by atoms with van der Waals surface area (Å²) in [4.78, 5) is 10.7. The number of halogens is 2. The first-order valence-electron chi connectivity index (χ1n) is 3.51. The Morgan fingerprint density at radius 3 is 2.82 bits per heavy atom. The molecule has 0 N–H and O–H groups in total. The van der Waals surface area contributed by atoms with Crippen molar-refractivity contribution in [2.75, 3.05) is 7.11 Å². The van der Waals surface area contributed by atoms with Crippen molar-refractivity contribution in [3.63, 3.8) is 0 Å². The number of rotatable bonds is 3. The number of carbonyl (C=O) groups is 1. The first-order chi connectivity index (χ1) is 5.15. The van der Waals surface area contributed by atoms with Crippen molar-refractivity contribution in [2.45, 2.75) is 19.3 Å². The van der Waals surface area contributed by atoms with Gasteiger partial charge >= 0.3 is 5.97 Å². The monoisotopic (exact) mass is 164 g/mol. The van der Waals surface area contributed by atoms with Gasteiger partial charge in [-0.1, -0.05) is 0 Å². The predicted octanol–water partition coefficient (Wildman–Crippen LogP) is 1.45. The van der Waals surface area contributed by atoms with Crippen LogP contribution in [0.15, 0.2) is 0 Å². The first kappa shape index (κ1) is 8.43. The van der Waals surface area contributed by atoms with E-state index in [2.05, 4.69) is 4.74 Å². The molecule has 1 saturated carbocycles. The Labute approximate surface area is 63.5 Å². The van der Waals surface area contributed by atoms with Gasteiger partial charge in [-0.25, -0.2) is 8.78 Å². The Hall–Kier alpha value is -0.670. The summed E-state index contributed by atoms with van der Waals surface area (Å²) in [6, 6.07) is 0. The Balaban J connectivity index is 2.21. The van der Waals surface area contributed by atoms with E-state index < -0.39 is 6.43 Å². The molecule has 0 radical (unpaired) electrons. The van der Waals surface area contributed by atoms with Gasteiger partial charge in [0.1, 0.15) is 0 Å².